The molecule has 0 aromatic carbocycles. The minimum Gasteiger partial charge on any atom is -0.396 e. The average molecular weight is 294 g/mol. The predicted octanol–water partition coefficient (Wildman–Crippen LogP) is 0.968. The van der Waals surface area contributed by atoms with Gasteiger partial charge in [0.25, 0.3) is 0 Å². The standard InChI is InChI=1S/C14H26N6O/c1-4-19(5-2)13-16-12(15-3)17-14(18-13)20-8-6-11(10-21)7-9-20/h11,21H,4-10H2,1-3H3,(H,15,16,17,18). The normalized spacial score (nSPS) is 16.1. The Morgan fingerprint density at radius 1 is 1.19 bits per heavy atom. The van der Waals surface area contributed by atoms with Crippen LogP contribution in [0.15, 0.2) is 0 Å². The van der Waals surface area contributed by atoms with Gasteiger partial charge >= 0.3 is 0 Å². The van der Waals surface area contributed by atoms with Gasteiger partial charge in [0, 0.05) is 39.8 Å². The molecule has 0 atom stereocenters. The number of hydrogen-bond acceptors (Lipinski definition) is 7. The summed E-state index contributed by atoms with van der Waals surface area (Å²) in [4.78, 5) is 17.9. The molecule has 7 heteroatoms. The minimum atomic E-state index is 0.275. The van der Waals surface area contributed by atoms with E-state index in [4.69, 9.17) is 0 Å². The van der Waals surface area contributed by atoms with Crippen LogP contribution < -0.4 is 15.1 Å². The van der Waals surface area contributed by atoms with Gasteiger partial charge in [-0.3, -0.25) is 0 Å². The minimum absolute atomic E-state index is 0.275. The Morgan fingerprint density at radius 2 is 1.86 bits per heavy atom. The Bertz CT molecular complexity index is 443. The van der Waals surface area contributed by atoms with Crippen molar-refractivity contribution in [1.82, 2.24) is 15.0 Å². The zero-order valence-electron chi connectivity index (χ0n) is 13.2. The van der Waals surface area contributed by atoms with Crippen molar-refractivity contribution in [3.8, 4) is 0 Å². The lowest BCUT2D eigenvalue weighted by molar-refractivity contribution is 0.202. The first-order chi connectivity index (χ1) is 10.2. The van der Waals surface area contributed by atoms with Crippen molar-refractivity contribution in [1.29, 1.82) is 0 Å². The Morgan fingerprint density at radius 3 is 2.38 bits per heavy atom. The highest BCUT2D eigenvalue weighted by molar-refractivity contribution is 5.45. The van der Waals surface area contributed by atoms with Gasteiger partial charge in [0.2, 0.25) is 17.8 Å². The lowest BCUT2D eigenvalue weighted by Crippen LogP contribution is -2.36. The third-order valence-corrected chi connectivity index (χ3v) is 4.04. The summed E-state index contributed by atoms with van der Waals surface area (Å²) in [6.45, 7) is 7.98. The van der Waals surface area contributed by atoms with Crippen molar-refractivity contribution in [3.63, 3.8) is 0 Å². The van der Waals surface area contributed by atoms with E-state index < -0.39 is 0 Å². The van der Waals surface area contributed by atoms with Gasteiger partial charge in [-0.2, -0.15) is 15.0 Å². The van der Waals surface area contributed by atoms with Crippen LogP contribution in [0.25, 0.3) is 0 Å². The summed E-state index contributed by atoms with van der Waals surface area (Å²) in [6, 6.07) is 0. The summed E-state index contributed by atoms with van der Waals surface area (Å²) in [5, 5.41) is 12.2. The third kappa shape index (κ3) is 3.72. The van der Waals surface area contributed by atoms with Crippen molar-refractivity contribution in [3.05, 3.63) is 0 Å². The highest BCUT2D eigenvalue weighted by atomic mass is 16.3. The lowest BCUT2D eigenvalue weighted by Gasteiger charge is -2.31. The third-order valence-electron chi connectivity index (χ3n) is 4.04. The van der Waals surface area contributed by atoms with E-state index in [-0.39, 0.29) is 6.61 Å². The van der Waals surface area contributed by atoms with Gasteiger partial charge in [0.1, 0.15) is 0 Å². The molecular formula is C14H26N6O. The van der Waals surface area contributed by atoms with Crippen molar-refractivity contribution in [2.75, 3.05) is 55.0 Å². The molecule has 21 heavy (non-hydrogen) atoms. The highest BCUT2D eigenvalue weighted by Gasteiger charge is 2.22. The van der Waals surface area contributed by atoms with E-state index in [1.165, 1.54) is 0 Å². The first-order valence-electron chi connectivity index (χ1n) is 7.76. The zero-order valence-corrected chi connectivity index (χ0v) is 13.2. The highest BCUT2D eigenvalue weighted by Crippen LogP contribution is 2.22. The number of nitrogens with one attached hydrogen (secondary N) is 1. The maximum Gasteiger partial charge on any atom is 0.231 e. The summed E-state index contributed by atoms with van der Waals surface area (Å²) in [5.74, 6) is 2.46. The van der Waals surface area contributed by atoms with Crippen LogP contribution in [0.2, 0.25) is 0 Å². The maximum atomic E-state index is 9.23. The molecule has 7 nitrogen and oxygen atoms in total. The average Bonchev–Trinajstić information content (AvgIpc) is 2.55. The Kier molecular flexibility index (Phi) is 5.55. The summed E-state index contributed by atoms with van der Waals surface area (Å²) >= 11 is 0. The maximum absolute atomic E-state index is 9.23. The molecule has 1 aromatic rings. The van der Waals surface area contributed by atoms with Gasteiger partial charge in [-0.15, -0.1) is 0 Å². The van der Waals surface area contributed by atoms with E-state index in [0.717, 1.165) is 50.9 Å². The fourth-order valence-electron chi connectivity index (χ4n) is 2.57. The van der Waals surface area contributed by atoms with Crippen LogP contribution in [-0.2, 0) is 0 Å². The predicted molar refractivity (Wildman–Crippen MR) is 85.0 cm³/mol. The van der Waals surface area contributed by atoms with Gasteiger partial charge in [-0.1, -0.05) is 0 Å². The monoisotopic (exact) mass is 294 g/mol. The summed E-state index contributed by atoms with van der Waals surface area (Å²) in [5.41, 5.74) is 0. The number of aliphatic hydroxyl groups excluding tert-OH is 1. The smallest absolute Gasteiger partial charge is 0.231 e. The van der Waals surface area contributed by atoms with Crippen LogP contribution in [0.1, 0.15) is 26.7 Å². The van der Waals surface area contributed by atoms with E-state index in [2.05, 4.69) is 43.9 Å². The second kappa shape index (κ2) is 7.40. The number of rotatable bonds is 6. The quantitative estimate of drug-likeness (QED) is 0.809. The molecule has 2 rings (SSSR count). The second-order valence-corrected chi connectivity index (χ2v) is 5.29. The van der Waals surface area contributed by atoms with Crippen LogP contribution in [0.4, 0.5) is 17.8 Å². The van der Waals surface area contributed by atoms with E-state index in [0.29, 0.717) is 11.9 Å². The fourth-order valence-corrected chi connectivity index (χ4v) is 2.57. The molecule has 0 aliphatic carbocycles. The molecule has 1 aliphatic heterocycles. The molecule has 0 amide bonds. The van der Waals surface area contributed by atoms with Crippen LogP contribution >= 0.6 is 0 Å². The number of aromatic nitrogens is 3. The summed E-state index contributed by atoms with van der Waals surface area (Å²) in [6.07, 6.45) is 1.97. The lowest BCUT2D eigenvalue weighted by atomic mass is 9.98. The van der Waals surface area contributed by atoms with Gasteiger partial charge in [-0.25, -0.2) is 0 Å². The van der Waals surface area contributed by atoms with Gasteiger partial charge in [0.15, 0.2) is 0 Å². The molecule has 0 bridgehead atoms. The number of aliphatic hydroxyl groups is 1. The van der Waals surface area contributed by atoms with Crippen molar-refractivity contribution in [2.24, 2.45) is 5.92 Å². The zero-order chi connectivity index (χ0) is 15.2. The van der Waals surface area contributed by atoms with E-state index >= 15 is 0 Å². The first kappa shape index (κ1) is 15.8. The Hall–Kier alpha value is -1.63. The van der Waals surface area contributed by atoms with Crippen LogP contribution in [0.5, 0.6) is 0 Å². The van der Waals surface area contributed by atoms with E-state index in [1.54, 1.807) is 0 Å². The van der Waals surface area contributed by atoms with Crippen LogP contribution in [0.3, 0.4) is 0 Å². The SMILES string of the molecule is CCN(CC)c1nc(NC)nc(N2CCC(CO)CC2)n1. The van der Waals surface area contributed by atoms with Crippen molar-refractivity contribution in [2.45, 2.75) is 26.7 Å². The molecule has 1 aromatic heterocycles. The Balaban J connectivity index is 2.20. The molecule has 2 N–H and O–H groups in total. The number of piperidine rings is 1. The molecule has 0 spiro atoms. The van der Waals surface area contributed by atoms with E-state index in [9.17, 15) is 5.11 Å². The van der Waals surface area contributed by atoms with Gasteiger partial charge in [-0.05, 0) is 32.6 Å². The van der Waals surface area contributed by atoms with Crippen molar-refractivity contribution < 1.29 is 5.11 Å². The van der Waals surface area contributed by atoms with Gasteiger partial charge in [0.05, 0.1) is 0 Å². The summed E-state index contributed by atoms with van der Waals surface area (Å²) in [7, 11) is 1.82. The van der Waals surface area contributed by atoms with E-state index in [1.807, 2.05) is 7.05 Å². The molecule has 2 heterocycles. The topological polar surface area (TPSA) is 77.4 Å². The van der Waals surface area contributed by atoms with Crippen LogP contribution in [-0.4, -0.2) is 59.9 Å². The molecule has 0 radical (unpaired) electrons. The second-order valence-electron chi connectivity index (χ2n) is 5.29. The molecule has 0 unspecified atom stereocenters. The van der Waals surface area contributed by atoms with Crippen LogP contribution in [0, 0.1) is 5.92 Å². The van der Waals surface area contributed by atoms with Crippen molar-refractivity contribution >= 4 is 17.8 Å². The number of hydrogen-bond donors (Lipinski definition) is 2. The molecule has 1 saturated heterocycles. The molecule has 1 aliphatic rings. The molecule has 1 fully saturated rings. The van der Waals surface area contributed by atoms with Gasteiger partial charge < -0.3 is 20.2 Å². The largest absolute Gasteiger partial charge is 0.396 e. The first-order valence-corrected chi connectivity index (χ1v) is 7.76. The summed E-state index contributed by atoms with van der Waals surface area (Å²) < 4.78 is 0. The Labute approximate surface area is 126 Å². The molecule has 0 saturated carbocycles. The molecular weight excluding hydrogens is 268 g/mol. The fraction of sp³-hybridized carbons (Fsp3) is 0.786. The molecule has 118 valence electrons. The number of anilines is 3. The number of nitrogens with zero attached hydrogens (tertiary/aromatic N) is 5.